The first kappa shape index (κ1) is 24.1. The van der Waals surface area contributed by atoms with Crippen LogP contribution in [0.4, 0.5) is 14.5 Å². The summed E-state index contributed by atoms with van der Waals surface area (Å²) < 4.78 is 33.7. The molecule has 1 aliphatic rings. The Balaban J connectivity index is 1.79. The van der Waals surface area contributed by atoms with E-state index in [1.807, 2.05) is 19.9 Å². The Bertz CT molecular complexity index is 1330. The van der Waals surface area contributed by atoms with Crippen LogP contribution in [0.15, 0.2) is 33.5 Å². The number of hydrogen-bond acceptors (Lipinski definition) is 5. The van der Waals surface area contributed by atoms with Crippen molar-refractivity contribution in [1.82, 2.24) is 4.98 Å². The van der Waals surface area contributed by atoms with Gasteiger partial charge in [-0.25, -0.2) is 13.8 Å². The normalized spacial score (nSPS) is 17.0. The summed E-state index contributed by atoms with van der Waals surface area (Å²) in [5.41, 5.74) is 8.09. The van der Waals surface area contributed by atoms with E-state index in [0.717, 1.165) is 5.56 Å². The van der Waals surface area contributed by atoms with E-state index in [2.05, 4.69) is 10.3 Å². The molecule has 0 bridgehead atoms. The molecule has 2 aromatic heterocycles. The largest absolute Gasteiger partial charge is 0.460 e. The number of aromatic nitrogens is 1. The van der Waals surface area contributed by atoms with E-state index in [1.54, 1.807) is 19.1 Å². The first-order valence-corrected chi connectivity index (χ1v) is 11.5. The third-order valence-electron chi connectivity index (χ3n) is 6.45. The maximum atomic E-state index is 13.7. The third kappa shape index (κ3) is 4.64. The molecule has 0 aliphatic heterocycles. The van der Waals surface area contributed by atoms with Crippen LogP contribution in [0, 0.1) is 13.8 Å². The van der Waals surface area contributed by atoms with Crippen LogP contribution in [-0.4, -0.2) is 16.8 Å². The second kappa shape index (κ2) is 8.98. The molecule has 34 heavy (non-hydrogen) atoms. The van der Waals surface area contributed by atoms with E-state index in [9.17, 15) is 18.4 Å². The lowest BCUT2D eigenvalue weighted by Gasteiger charge is -2.28. The minimum Gasteiger partial charge on any atom is -0.460 e. The highest BCUT2D eigenvalue weighted by molar-refractivity contribution is 6.29. The van der Waals surface area contributed by atoms with Crippen LogP contribution >= 0.6 is 11.6 Å². The molecule has 0 spiro atoms. The zero-order valence-corrected chi connectivity index (χ0v) is 19.9. The van der Waals surface area contributed by atoms with Crippen molar-refractivity contribution < 1.29 is 18.0 Å². The molecule has 1 fully saturated rings. The van der Waals surface area contributed by atoms with Crippen LogP contribution in [0.1, 0.15) is 77.5 Å². The number of hydrogen-bond donors (Lipinski definition) is 2. The van der Waals surface area contributed by atoms with Gasteiger partial charge in [0.15, 0.2) is 11.1 Å². The van der Waals surface area contributed by atoms with Gasteiger partial charge in [-0.2, -0.15) is 0 Å². The molecule has 2 heterocycles. The average Bonchev–Trinajstić information content (AvgIpc) is 2.77. The number of primary amides is 1. The van der Waals surface area contributed by atoms with Crippen molar-refractivity contribution in [3.05, 3.63) is 67.8 Å². The standard InChI is InChI=1S/C25H26ClF2N3O3/c1-12-10-16(14(3)30-18-4-5-19(26)31-20(18)24(29)33)23-17(11-12)21(32)13(2)22(34-23)15-6-8-25(27,28)9-7-15/h4-5,10-11,14-15,30H,6-9H2,1-3H3,(H2,29,33)/t14-/m1/s1. The topological polar surface area (TPSA) is 98.2 Å². The Morgan fingerprint density at radius 3 is 2.59 bits per heavy atom. The lowest BCUT2D eigenvalue weighted by molar-refractivity contribution is -0.0395. The molecule has 3 aromatic rings. The molecular formula is C25H26ClF2N3O3. The maximum absolute atomic E-state index is 13.7. The maximum Gasteiger partial charge on any atom is 0.269 e. The SMILES string of the molecule is Cc1cc([C@@H](C)Nc2ccc(Cl)nc2C(N)=O)c2oc(C3CCC(F)(F)CC3)c(C)c(=O)c2c1. The fourth-order valence-electron chi connectivity index (χ4n) is 4.65. The third-order valence-corrected chi connectivity index (χ3v) is 6.66. The van der Waals surface area contributed by atoms with Gasteiger partial charge in [0.1, 0.15) is 16.5 Å². The molecule has 4 rings (SSSR count). The second-order valence-electron chi connectivity index (χ2n) is 9.04. The number of alkyl halides is 2. The number of carbonyl (C=O) groups excluding carboxylic acids is 1. The summed E-state index contributed by atoms with van der Waals surface area (Å²) in [6.07, 6.45) is 0.0689. The Morgan fingerprint density at radius 1 is 1.26 bits per heavy atom. The highest BCUT2D eigenvalue weighted by atomic mass is 35.5. The number of nitrogens with one attached hydrogen (secondary N) is 1. The molecule has 0 saturated heterocycles. The number of anilines is 1. The Hall–Kier alpha value is -3.00. The first-order chi connectivity index (χ1) is 16.0. The Morgan fingerprint density at radius 2 is 1.94 bits per heavy atom. The van der Waals surface area contributed by atoms with Crippen LogP contribution in [0.5, 0.6) is 0 Å². The summed E-state index contributed by atoms with van der Waals surface area (Å²) in [6, 6.07) is 6.40. The van der Waals surface area contributed by atoms with Gasteiger partial charge in [0.2, 0.25) is 5.92 Å². The van der Waals surface area contributed by atoms with Gasteiger partial charge in [-0.05, 0) is 57.4 Å². The Kier molecular flexibility index (Phi) is 6.38. The van der Waals surface area contributed by atoms with Gasteiger partial charge in [-0.1, -0.05) is 17.7 Å². The van der Waals surface area contributed by atoms with E-state index < -0.39 is 17.9 Å². The molecule has 1 atom stereocenters. The van der Waals surface area contributed by atoms with Crippen LogP contribution in [-0.2, 0) is 0 Å². The smallest absolute Gasteiger partial charge is 0.269 e. The predicted octanol–water partition coefficient (Wildman–Crippen LogP) is 6.02. The van der Waals surface area contributed by atoms with E-state index >= 15 is 0 Å². The molecule has 9 heteroatoms. The van der Waals surface area contributed by atoms with Gasteiger partial charge < -0.3 is 15.5 Å². The molecule has 0 radical (unpaired) electrons. The van der Waals surface area contributed by atoms with Gasteiger partial charge in [0.05, 0.1) is 17.1 Å². The van der Waals surface area contributed by atoms with Crippen molar-refractivity contribution in [3.63, 3.8) is 0 Å². The van der Waals surface area contributed by atoms with E-state index in [1.165, 1.54) is 6.07 Å². The van der Waals surface area contributed by atoms with Gasteiger partial charge in [-0.15, -0.1) is 0 Å². The van der Waals surface area contributed by atoms with Crippen molar-refractivity contribution in [3.8, 4) is 0 Å². The van der Waals surface area contributed by atoms with E-state index in [4.69, 9.17) is 21.8 Å². The number of rotatable bonds is 5. The van der Waals surface area contributed by atoms with Crippen molar-refractivity contribution in [2.75, 3.05) is 5.32 Å². The number of pyridine rings is 1. The fraction of sp³-hybridized carbons (Fsp3) is 0.400. The summed E-state index contributed by atoms with van der Waals surface area (Å²) in [5.74, 6) is -3.18. The van der Waals surface area contributed by atoms with Crippen molar-refractivity contribution >= 4 is 34.2 Å². The van der Waals surface area contributed by atoms with Crippen LogP contribution in [0.25, 0.3) is 11.0 Å². The monoisotopic (exact) mass is 489 g/mol. The highest BCUT2D eigenvalue weighted by Gasteiger charge is 2.37. The number of carbonyl (C=O) groups is 1. The molecule has 1 amide bonds. The summed E-state index contributed by atoms with van der Waals surface area (Å²) in [4.78, 5) is 29.1. The van der Waals surface area contributed by atoms with Gasteiger partial charge in [0.25, 0.3) is 5.91 Å². The lowest BCUT2D eigenvalue weighted by atomic mass is 9.83. The minimum absolute atomic E-state index is 0.00238. The summed E-state index contributed by atoms with van der Waals surface area (Å²) in [5, 5.41) is 3.78. The lowest BCUT2D eigenvalue weighted by Crippen LogP contribution is -2.25. The molecule has 0 unspecified atom stereocenters. The second-order valence-corrected chi connectivity index (χ2v) is 9.43. The van der Waals surface area contributed by atoms with Gasteiger partial charge in [-0.3, -0.25) is 9.59 Å². The summed E-state index contributed by atoms with van der Waals surface area (Å²) in [6.45, 7) is 5.42. The number of amides is 1. The quantitative estimate of drug-likeness (QED) is 0.427. The predicted molar refractivity (Wildman–Crippen MR) is 128 cm³/mol. The van der Waals surface area contributed by atoms with Crippen molar-refractivity contribution in [2.24, 2.45) is 5.73 Å². The molecule has 1 aliphatic carbocycles. The van der Waals surface area contributed by atoms with Crippen LogP contribution in [0.3, 0.4) is 0 Å². The van der Waals surface area contributed by atoms with E-state index in [-0.39, 0.29) is 47.9 Å². The minimum atomic E-state index is -2.67. The molecule has 1 aromatic carbocycles. The number of nitrogens with zero attached hydrogens (tertiary/aromatic N) is 1. The molecule has 1 saturated carbocycles. The molecule has 180 valence electrons. The van der Waals surface area contributed by atoms with Gasteiger partial charge >= 0.3 is 0 Å². The fourth-order valence-corrected chi connectivity index (χ4v) is 4.80. The summed E-state index contributed by atoms with van der Waals surface area (Å²) >= 11 is 5.91. The summed E-state index contributed by atoms with van der Waals surface area (Å²) in [7, 11) is 0. The van der Waals surface area contributed by atoms with E-state index in [0.29, 0.717) is 33.5 Å². The highest BCUT2D eigenvalue weighted by Crippen LogP contribution is 2.42. The van der Waals surface area contributed by atoms with Crippen LogP contribution < -0.4 is 16.5 Å². The number of benzene rings is 1. The first-order valence-electron chi connectivity index (χ1n) is 11.2. The molecule has 6 nitrogen and oxygen atoms in total. The molecular weight excluding hydrogens is 464 g/mol. The van der Waals surface area contributed by atoms with Crippen molar-refractivity contribution in [1.29, 1.82) is 0 Å². The van der Waals surface area contributed by atoms with Crippen LogP contribution in [0.2, 0.25) is 5.15 Å². The number of fused-ring (bicyclic) bond motifs is 1. The number of halogens is 3. The average molecular weight is 490 g/mol. The number of aryl methyl sites for hydroxylation is 1. The Labute approximate surface area is 200 Å². The zero-order valence-electron chi connectivity index (χ0n) is 19.2. The van der Waals surface area contributed by atoms with Crippen molar-refractivity contribution in [2.45, 2.75) is 64.3 Å². The zero-order chi connectivity index (χ0) is 24.8. The number of nitrogens with two attached hydrogens (primary N) is 1. The molecule has 3 N–H and O–H groups in total. The van der Waals surface area contributed by atoms with Gasteiger partial charge in [0, 0.05) is 29.9 Å².